The van der Waals surface area contributed by atoms with Crippen LogP contribution in [-0.4, -0.2) is 27.2 Å². The molecule has 0 spiro atoms. The monoisotopic (exact) mass is 345 g/mol. The number of anilines is 1. The van der Waals surface area contributed by atoms with Crippen LogP contribution in [0.4, 0.5) is 5.69 Å². The fourth-order valence-electron chi connectivity index (χ4n) is 3.97. The third-order valence-corrected chi connectivity index (χ3v) is 5.23. The van der Waals surface area contributed by atoms with Gasteiger partial charge in [0.15, 0.2) is 11.5 Å². The fourth-order valence-corrected chi connectivity index (χ4v) is 3.97. The predicted molar refractivity (Wildman–Crippen MR) is 96.4 cm³/mol. The van der Waals surface area contributed by atoms with Crippen molar-refractivity contribution in [2.75, 3.05) is 12.1 Å². The Morgan fingerprint density at radius 2 is 1.85 bits per heavy atom. The summed E-state index contributed by atoms with van der Waals surface area (Å²) in [5.74, 6) is 1.55. The number of ether oxygens (including phenoxy) is 2. The number of nitrogens with zero attached hydrogens (tertiary/aromatic N) is 2. The first-order valence-corrected chi connectivity index (χ1v) is 8.46. The van der Waals surface area contributed by atoms with Crippen LogP contribution >= 0.6 is 0 Å². The van der Waals surface area contributed by atoms with Crippen molar-refractivity contribution in [3.05, 3.63) is 53.5 Å². The van der Waals surface area contributed by atoms with Gasteiger partial charge in [0, 0.05) is 27.9 Å². The zero-order valence-corrected chi connectivity index (χ0v) is 14.0. The van der Waals surface area contributed by atoms with Gasteiger partial charge in [-0.25, -0.2) is 0 Å². The molecule has 0 aliphatic carbocycles. The maximum Gasteiger partial charge on any atom is 0.231 e. The van der Waals surface area contributed by atoms with Gasteiger partial charge in [-0.05, 0) is 42.3 Å². The van der Waals surface area contributed by atoms with Gasteiger partial charge < -0.3 is 14.8 Å². The quantitative estimate of drug-likeness (QED) is 0.491. The summed E-state index contributed by atoms with van der Waals surface area (Å²) in [6.07, 6.45) is 3.75. The normalized spacial score (nSPS) is 17.0. The van der Waals surface area contributed by atoms with Crippen molar-refractivity contribution in [2.45, 2.75) is 13.0 Å². The Hall–Kier alpha value is -3.48. The minimum Gasteiger partial charge on any atom is -0.454 e. The number of fused-ring (bicyclic) bond motifs is 6. The van der Waals surface area contributed by atoms with E-state index in [0.29, 0.717) is 0 Å². The second kappa shape index (κ2) is 4.78. The van der Waals surface area contributed by atoms with Crippen molar-refractivity contribution in [1.82, 2.24) is 20.4 Å². The number of rotatable bonds is 1. The van der Waals surface area contributed by atoms with E-state index in [9.17, 15) is 0 Å². The molecule has 0 fully saturated rings. The largest absolute Gasteiger partial charge is 0.454 e. The summed E-state index contributed by atoms with van der Waals surface area (Å²) in [5.41, 5.74) is 7.62. The Bertz CT molecular complexity index is 1180. The van der Waals surface area contributed by atoms with E-state index in [0.717, 1.165) is 56.0 Å². The molecule has 2 aliphatic rings. The van der Waals surface area contributed by atoms with Crippen LogP contribution < -0.4 is 14.8 Å². The lowest BCUT2D eigenvalue weighted by molar-refractivity contribution is 0.174. The zero-order chi connectivity index (χ0) is 17.3. The maximum absolute atomic E-state index is 5.64. The number of aromatic amines is 2. The summed E-state index contributed by atoms with van der Waals surface area (Å²) in [6.45, 7) is 2.29. The number of H-pyrrole nitrogens is 2. The van der Waals surface area contributed by atoms with Gasteiger partial charge in [-0.15, -0.1) is 0 Å². The first-order valence-electron chi connectivity index (χ1n) is 8.46. The summed E-state index contributed by atoms with van der Waals surface area (Å²) in [5, 5.41) is 19.3. The van der Waals surface area contributed by atoms with Crippen molar-refractivity contribution in [3.63, 3.8) is 0 Å². The summed E-state index contributed by atoms with van der Waals surface area (Å²) in [4.78, 5) is 0. The fraction of sp³-hybridized carbons (Fsp3) is 0.158. The van der Waals surface area contributed by atoms with Gasteiger partial charge in [0.1, 0.15) is 0 Å². The molecule has 0 bridgehead atoms. The highest BCUT2D eigenvalue weighted by Crippen LogP contribution is 2.50. The van der Waals surface area contributed by atoms with Crippen molar-refractivity contribution in [2.24, 2.45) is 0 Å². The van der Waals surface area contributed by atoms with Crippen LogP contribution in [-0.2, 0) is 0 Å². The minimum atomic E-state index is -0.0184. The van der Waals surface area contributed by atoms with Crippen LogP contribution in [0.25, 0.3) is 22.0 Å². The molecule has 7 nitrogen and oxygen atoms in total. The zero-order valence-electron chi connectivity index (χ0n) is 14.0. The van der Waals surface area contributed by atoms with E-state index in [1.54, 1.807) is 0 Å². The minimum absolute atomic E-state index is 0.0184. The summed E-state index contributed by atoms with van der Waals surface area (Å²) < 4.78 is 11.3. The van der Waals surface area contributed by atoms with Gasteiger partial charge >= 0.3 is 0 Å². The second-order valence-electron chi connectivity index (χ2n) is 6.64. The Labute approximate surface area is 148 Å². The third kappa shape index (κ3) is 1.72. The number of aromatic nitrogens is 4. The molecule has 6 rings (SSSR count). The average Bonchev–Trinajstić information content (AvgIpc) is 3.38. The molecule has 1 unspecified atom stereocenters. The molecular formula is C19H15N5O2. The topological polar surface area (TPSA) is 87.9 Å². The van der Waals surface area contributed by atoms with Gasteiger partial charge in [-0.1, -0.05) is 0 Å². The molecule has 0 saturated carbocycles. The molecule has 4 heterocycles. The van der Waals surface area contributed by atoms with Gasteiger partial charge in [0.25, 0.3) is 0 Å². The number of hydrogen-bond acceptors (Lipinski definition) is 5. The Morgan fingerprint density at radius 1 is 1.00 bits per heavy atom. The van der Waals surface area contributed by atoms with E-state index in [1.165, 1.54) is 0 Å². The van der Waals surface area contributed by atoms with E-state index in [4.69, 9.17) is 9.47 Å². The van der Waals surface area contributed by atoms with Crippen molar-refractivity contribution < 1.29 is 9.47 Å². The molecule has 4 aromatic rings. The first-order chi connectivity index (χ1) is 12.8. The molecule has 7 heteroatoms. The van der Waals surface area contributed by atoms with Crippen molar-refractivity contribution in [3.8, 4) is 22.6 Å². The van der Waals surface area contributed by atoms with Gasteiger partial charge in [0.05, 0.1) is 24.0 Å². The second-order valence-corrected chi connectivity index (χ2v) is 6.64. The Morgan fingerprint density at radius 3 is 2.69 bits per heavy atom. The molecule has 1 atom stereocenters. The van der Waals surface area contributed by atoms with Crippen LogP contribution in [0, 0.1) is 6.92 Å². The molecule has 0 amide bonds. The summed E-state index contributed by atoms with van der Waals surface area (Å²) in [7, 11) is 0. The predicted octanol–water partition coefficient (Wildman–Crippen LogP) is 3.51. The lowest BCUT2D eigenvalue weighted by atomic mass is 9.85. The van der Waals surface area contributed by atoms with Gasteiger partial charge in [-0.3, -0.25) is 10.2 Å². The smallest absolute Gasteiger partial charge is 0.231 e. The lowest BCUT2D eigenvalue weighted by Crippen LogP contribution is -2.18. The van der Waals surface area contributed by atoms with Crippen LogP contribution in [0.2, 0.25) is 0 Å². The number of aryl methyl sites for hydroxylation is 1. The molecular weight excluding hydrogens is 330 g/mol. The number of nitrogens with one attached hydrogen (secondary N) is 3. The van der Waals surface area contributed by atoms with Crippen LogP contribution in [0.1, 0.15) is 22.9 Å². The average molecular weight is 345 g/mol. The van der Waals surface area contributed by atoms with E-state index >= 15 is 0 Å². The summed E-state index contributed by atoms with van der Waals surface area (Å²) in [6, 6.07) is 8.27. The van der Waals surface area contributed by atoms with E-state index in [-0.39, 0.29) is 12.8 Å². The SMILES string of the molecule is Cc1[nH]ncc1C1Nc2ccc3[nH]ncc3c2-c2cc3c(cc21)OCO3. The molecule has 128 valence electrons. The van der Waals surface area contributed by atoms with Crippen LogP contribution in [0.5, 0.6) is 11.5 Å². The Balaban J connectivity index is 1.68. The van der Waals surface area contributed by atoms with Crippen LogP contribution in [0.3, 0.4) is 0 Å². The van der Waals surface area contributed by atoms with E-state index in [1.807, 2.05) is 25.4 Å². The molecule has 0 radical (unpaired) electrons. The lowest BCUT2D eigenvalue weighted by Gasteiger charge is -2.30. The summed E-state index contributed by atoms with van der Waals surface area (Å²) >= 11 is 0. The molecule has 26 heavy (non-hydrogen) atoms. The molecule has 2 aromatic carbocycles. The molecule has 2 aromatic heterocycles. The van der Waals surface area contributed by atoms with Crippen molar-refractivity contribution in [1.29, 1.82) is 0 Å². The first kappa shape index (κ1) is 13.8. The van der Waals surface area contributed by atoms with Crippen molar-refractivity contribution >= 4 is 16.6 Å². The highest BCUT2D eigenvalue weighted by atomic mass is 16.7. The number of benzene rings is 2. The van der Waals surface area contributed by atoms with Gasteiger partial charge in [0.2, 0.25) is 6.79 Å². The third-order valence-electron chi connectivity index (χ3n) is 5.23. The number of hydrogen-bond donors (Lipinski definition) is 3. The van der Waals surface area contributed by atoms with Gasteiger partial charge in [-0.2, -0.15) is 10.2 Å². The molecule has 0 saturated heterocycles. The molecule has 3 N–H and O–H groups in total. The van der Waals surface area contributed by atoms with Crippen LogP contribution in [0.15, 0.2) is 36.7 Å². The molecule has 2 aliphatic heterocycles. The maximum atomic E-state index is 5.64. The Kier molecular flexibility index (Phi) is 2.53. The van der Waals surface area contributed by atoms with E-state index < -0.39 is 0 Å². The standard InChI is InChI=1S/C19H15N5O2/c1-9-12(6-20-23-9)19-11-5-17-16(25-8-26-17)4-10(11)18-13-7-21-24-14(13)2-3-15(18)22-19/h2-7,19,22H,8H2,1H3,(H,20,23)(H,21,24). The van der Waals surface area contributed by atoms with E-state index in [2.05, 4.69) is 43.9 Å². The highest BCUT2D eigenvalue weighted by molar-refractivity contribution is 6.04. The highest BCUT2D eigenvalue weighted by Gasteiger charge is 2.31.